The summed E-state index contributed by atoms with van der Waals surface area (Å²) >= 11 is 0. The van der Waals surface area contributed by atoms with Gasteiger partial charge in [-0.3, -0.25) is 0 Å². The lowest BCUT2D eigenvalue weighted by Gasteiger charge is -2.28. The SMILES string of the molecule is CCC1(CC)CCN(CC(O)CNC(C)(C)C)C1. The van der Waals surface area contributed by atoms with E-state index in [1.165, 1.54) is 19.3 Å². The van der Waals surface area contributed by atoms with E-state index in [1.54, 1.807) is 0 Å². The van der Waals surface area contributed by atoms with Crippen LogP contribution in [0.25, 0.3) is 0 Å². The third-order valence-corrected chi connectivity index (χ3v) is 4.35. The number of rotatable bonds is 6. The third kappa shape index (κ3) is 4.87. The van der Waals surface area contributed by atoms with Crippen LogP contribution >= 0.6 is 0 Å². The highest BCUT2D eigenvalue weighted by Crippen LogP contribution is 2.36. The molecule has 3 nitrogen and oxygen atoms in total. The van der Waals surface area contributed by atoms with Crippen LogP contribution < -0.4 is 5.32 Å². The van der Waals surface area contributed by atoms with E-state index in [9.17, 15) is 5.11 Å². The van der Waals surface area contributed by atoms with Crippen molar-refractivity contribution in [2.75, 3.05) is 26.2 Å². The molecule has 108 valence electrons. The maximum Gasteiger partial charge on any atom is 0.0791 e. The summed E-state index contributed by atoms with van der Waals surface area (Å²) in [6.45, 7) is 14.8. The molecule has 18 heavy (non-hydrogen) atoms. The molecule has 0 aromatic rings. The number of hydrogen-bond donors (Lipinski definition) is 2. The summed E-state index contributed by atoms with van der Waals surface area (Å²) < 4.78 is 0. The maximum atomic E-state index is 10.1. The minimum Gasteiger partial charge on any atom is -0.390 e. The van der Waals surface area contributed by atoms with E-state index in [-0.39, 0.29) is 11.6 Å². The van der Waals surface area contributed by atoms with Gasteiger partial charge in [0.25, 0.3) is 0 Å². The van der Waals surface area contributed by atoms with Crippen LogP contribution in [0.15, 0.2) is 0 Å². The molecule has 1 atom stereocenters. The summed E-state index contributed by atoms with van der Waals surface area (Å²) in [6.07, 6.45) is 3.56. The fraction of sp³-hybridized carbons (Fsp3) is 1.00. The number of hydrogen-bond acceptors (Lipinski definition) is 3. The second kappa shape index (κ2) is 6.36. The van der Waals surface area contributed by atoms with Crippen LogP contribution in [0.3, 0.4) is 0 Å². The summed E-state index contributed by atoms with van der Waals surface area (Å²) in [4.78, 5) is 2.43. The first-order chi connectivity index (χ1) is 8.30. The van der Waals surface area contributed by atoms with Crippen molar-refractivity contribution in [3.05, 3.63) is 0 Å². The minimum absolute atomic E-state index is 0.0859. The van der Waals surface area contributed by atoms with E-state index < -0.39 is 0 Å². The fourth-order valence-electron chi connectivity index (χ4n) is 2.80. The molecule has 0 radical (unpaired) electrons. The van der Waals surface area contributed by atoms with Crippen molar-refractivity contribution in [2.24, 2.45) is 5.41 Å². The number of nitrogens with zero attached hydrogens (tertiary/aromatic N) is 1. The van der Waals surface area contributed by atoms with Gasteiger partial charge in [0.1, 0.15) is 0 Å². The summed E-state index contributed by atoms with van der Waals surface area (Å²) in [6, 6.07) is 0. The fourth-order valence-corrected chi connectivity index (χ4v) is 2.80. The molecule has 1 unspecified atom stereocenters. The molecule has 1 rings (SSSR count). The quantitative estimate of drug-likeness (QED) is 0.765. The maximum absolute atomic E-state index is 10.1. The van der Waals surface area contributed by atoms with Crippen LogP contribution in [0.1, 0.15) is 53.9 Å². The molecular weight excluding hydrogens is 224 g/mol. The normalized spacial score (nSPS) is 22.3. The molecule has 0 amide bonds. The topological polar surface area (TPSA) is 35.5 Å². The number of β-amino-alcohol motifs (C(OH)–C–C–N with tert-alkyl or cyclic N) is 1. The standard InChI is InChI=1S/C15H32N2O/c1-6-15(7-2)8-9-17(12-15)11-13(18)10-16-14(3,4)5/h13,16,18H,6-12H2,1-5H3. The third-order valence-electron chi connectivity index (χ3n) is 4.35. The zero-order valence-corrected chi connectivity index (χ0v) is 12.9. The predicted molar refractivity (Wildman–Crippen MR) is 77.8 cm³/mol. The van der Waals surface area contributed by atoms with E-state index in [1.807, 2.05) is 0 Å². The molecule has 0 saturated carbocycles. The zero-order valence-electron chi connectivity index (χ0n) is 12.9. The predicted octanol–water partition coefficient (Wildman–Crippen LogP) is 2.25. The summed E-state index contributed by atoms with van der Waals surface area (Å²) in [7, 11) is 0. The Hall–Kier alpha value is -0.120. The highest BCUT2D eigenvalue weighted by molar-refractivity contribution is 4.89. The Kier molecular flexibility index (Phi) is 5.63. The Labute approximate surface area is 113 Å². The van der Waals surface area contributed by atoms with Gasteiger partial charge in [-0.1, -0.05) is 13.8 Å². The summed E-state index contributed by atoms with van der Waals surface area (Å²) in [5, 5.41) is 13.5. The lowest BCUT2D eigenvalue weighted by Crippen LogP contribution is -2.44. The van der Waals surface area contributed by atoms with Crippen molar-refractivity contribution < 1.29 is 5.11 Å². The van der Waals surface area contributed by atoms with E-state index in [2.05, 4.69) is 44.8 Å². The first-order valence-electron chi connectivity index (χ1n) is 7.46. The highest BCUT2D eigenvalue weighted by Gasteiger charge is 2.35. The van der Waals surface area contributed by atoms with Crippen LogP contribution in [-0.2, 0) is 0 Å². The lowest BCUT2D eigenvalue weighted by molar-refractivity contribution is 0.109. The zero-order chi connectivity index (χ0) is 13.8. The molecule has 1 aliphatic rings. The van der Waals surface area contributed by atoms with Crippen molar-refractivity contribution in [2.45, 2.75) is 65.5 Å². The molecule has 0 aliphatic carbocycles. The van der Waals surface area contributed by atoms with Gasteiger partial charge in [-0.25, -0.2) is 0 Å². The van der Waals surface area contributed by atoms with Gasteiger partial charge in [0.05, 0.1) is 6.10 Å². The number of aliphatic hydroxyl groups is 1. The molecular formula is C15H32N2O. The number of likely N-dealkylation sites (tertiary alicyclic amines) is 1. The van der Waals surface area contributed by atoms with Gasteiger partial charge in [-0.2, -0.15) is 0 Å². The largest absolute Gasteiger partial charge is 0.390 e. The molecule has 3 heteroatoms. The van der Waals surface area contributed by atoms with Crippen molar-refractivity contribution in [1.29, 1.82) is 0 Å². The smallest absolute Gasteiger partial charge is 0.0791 e. The molecule has 0 aromatic heterocycles. The van der Waals surface area contributed by atoms with Crippen LogP contribution in [0, 0.1) is 5.41 Å². The average Bonchev–Trinajstić information content (AvgIpc) is 2.70. The highest BCUT2D eigenvalue weighted by atomic mass is 16.3. The number of nitrogens with one attached hydrogen (secondary N) is 1. The van der Waals surface area contributed by atoms with Crippen molar-refractivity contribution in [3.63, 3.8) is 0 Å². The number of aliphatic hydroxyl groups excluding tert-OH is 1. The Balaban J connectivity index is 2.32. The Bertz CT molecular complexity index is 243. The van der Waals surface area contributed by atoms with Gasteiger partial charge in [0.2, 0.25) is 0 Å². The molecule has 1 saturated heterocycles. The van der Waals surface area contributed by atoms with Crippen LogP contribution in [0.4, 0.5) is 0 Å². The van der Waals surface area contributed by atoms with Gasteiger partial charge in [0, 0.05) is 25.2 Å². The Morgan fingerprint density at radius 3 is 2.33 bits per heavy atom. The minimum atomic E-state index is -0.256. The van der Waals surface area contributed by atoms with Crippen LogP contribution in [-0.4, -0.2) is 47.8 Å². The van der Waals surface area contributed by atoms with Crippen molar-refractivity contribution >= 4 is 0 Å². The molecule has 2 N–H and O–H groups in total. The van der Waals surface area contributed by atoms with E-state index in [0.717, 1.165) is 19.6 Å². The Morgan fingerprint density at radius 1 is 1.28 bits per heavy atom. The van der Waals surface area contributed by atoms with E-state index in [4.69, 9.17) is 0 Å². The monoisotopic (exact) mass is 256 g/mol. The van der Waals surface area contributed by atoms with Gasteiger partial charge in [0.15, 0.2) is 0 Å². The molecule has 1 aliphatic heterocycles. The molecule has 1 fully saturated rings. The Morgan fingerprint density at radius 2 is 1.89 bits per heavy atom. The lowest BCUT2D eigenvalue weighted by atomic mass is 9.82. The van der Waals surface area contributed by atoms with Gasteiger partial charge >= 0.3 is 0 Å². The molecule has 0 spiro atoms. The summed E-state index contributed by atoms with van der Waals surface area (Å²) in [5.41, 5.74) is 0.597. The van der Waals surface area contributed by atoms with Crippen molar-refractivity contribution in [1.82, 2.24) is 10.2 Å². The van der Waals surface area contributed by atoms with Gasteiger partial charge < -0.3 is 15.3 Å². The van der Waals surface area contributed by atoms with Gasteiger partial charge in [-0.05, 0) is 52.0 Å². The molecule has 0 bridgehead atoms. The molecule has 1 heterocycles. The first kappa shape index (κ1) is 15.9. The molecule has 0 aromatic carbocycles. The van der Waals surface area contributed by atoms with E-state index in [0.29, 0.717) is 12.0 Å². The van der Waals surface area contributed by atoms with Crippen LogP contribution in [0.5, 0.6) is 0 Å². The van der Waals surface area contributed by atoms with Gasteiger partial charge in [-0.15, -0.1) is 0 Å². The van der Waals surface area contributed by atoms with Crippen molar-refractivity contribution in [3.8, 4) is 0 Å². The first-order valence-corrected chi connectivity index (χ1v) is 7.46. The van der Waals surface area contributed by atoms with E-state index >= 15 is 0 Å². The summed E-state index contributed by atoms with van der Waals surface area (Å²) in [5.74, 6) is 0. The second-order valence-corrected chi connectivity index (χ2v) is 6.98. The second-order valence-electron chi connectivity index (χ2n) is 6.98. The average molecular weight is 256 g/mol. The van der Waals surface area contributed by atoms with Crippen LogP contribution in [0.2, 0.25) is 0 Å².